The van der Waals surface area contributed by atoms with Gasteiger partial charge in [-0.25, -0.2) is 8.42 Å². The number of nitrogens with zero attached hydrogens (tertiary/aromatic N) is 1. The Morgan fingerprint density at radius 1 is 1.15 bits per heavy atom. The molecule has 0 radical (unpaired) electrons. The first-order chi connectivity index (χ1) is 9.48. The number of nitrogens with one attached hydrogen (secondary N) is 1. The zero-order valence-corrected chi connectivity index (χ0v) is 13.3. The molecular formula is C14H26N2O3S. The van der Waals surface area contributed by atoms with E-state index in [4.69, 9.17) is 0 Å². The molecule has 1 N–H and O–H groups in total. The maximum atomic E-state index is 12.6. The summed E-state index contributed by atoms with van der Waals surface area (Å²) in [5.41, 5.74) is 0. The lowest BCUT2D eigenvalue weighted by Gasteiger charge is -2.35. The van der Waals surface area contributed by atoms with Crippen molar-refractivity contribution in [3.63, 3.8) is 0 Å². The van der Waals surface area contributed by atoms with Gasteiger partial charge in [0.1, 0.15) is 9.84 Å². The van der Waals surface area contributed by atoms with Crippen molar-refractivity contribution in [1.29, 1.82) is 0 Å². The Bertz CT molecular complexity index is 435. The molecule has 2 saturated heterocycles. The van der Waals surface area contributed by atoms with E-state index in [0.29, 0.717) is 12.8 Å². The van der Waals surface area contributed by atoms with Crippen LogP contribution >= 0.6 is 0 Å². The Hall–Kier alpha value is -0.620. The summed E-state index contributed by atoms with van der Waals surface area (Å²) in [5, 5.41) is 3.44. The number of hydrogen-bond donors (Lipinski definition) is 1. The number of sulfone groups is 1. The molecule has 2 heterocycles. The van der Waals surface area contributed by atoms with Crippen LogP contribution < -0.4 is 5.32 Å². The summed E-state index contributed by atoms with van der Waals surface area (Å²) in [6.07, 6.45) is 5.08. The highest BCUT2D eigenvalue weighted by atomic mass is 32.2. The van der Waals surface area contributed by atoms with Crippen LogP contribution in [0.4, 0.5) is 0 Å². The lowest BCUT2D eigenvalue weighted by atomic mass is 10.1. The quantitative estimate of drug-likeness (QED) is 0.831. The van der Waals surface area contributed by atoms with Gasteiger partial charge < -0.3 is 4.90 Å². The van der Waals surface area contributed by atoms with Crippen molar-refractivity contribution >= 4 is 15.7 Å². The van der Waals surface area contributed by atoms with Crippen LogP contribution in [0.2, 0.25) is 0 Å². The van der Waals surface area contributed by atoms with Crippen LogP contribution in [-0.2, 0) is 14.6 Å². The van der Waals surface area contributed by atoms with E-state index in [0.717, 1.165) is 25.7 Å². The smallest absolute Gasteiger partial charge is 0.241 e. The number of carbonyl (C=O) groups excluding carboxylic acids is 1. The molecule has 2 unspecified atom stereocenters. The zero-order chi connectivity index (χ0) is 14.8. The number of hydrogen-bond acceptors (Lipinski definition) is 4. The SMILES string of the molecule is CCCC1NC(CCC)N(C2CCS(=O)(=O)CC2)C1=O. The summed E-state index contributed by atoms with van der Waals surface area (Å²) in [7, 11) is -2.87. The zero-order valence-electron chi connectivity index (χ0n) is 12.5. The second kappa shape index (κ2) is 6.43. The molecule has 0 spiro atoms. The summed E-state index contributed by atoms with van der Waals surface area (Å²) in [6.45, 7) is 4.20. The Labute approximate surface area is 122 Å². The molecule has 2 aliphatic rings. The third-order valence-corrected chi connectivity index (χ3v) is 6.05. The van der Waals surface area contributed by atoms with Crippen LogP contribution in [0.25, 0.3) is 0 Å². The molecule has 2 aliphatic heterocycles. The van der Waals surface area contributed by atoms with E-state index in [9.17, 15) is 13.2 Å². The molecule has 6 heteroatoms. The average Bonchev–Trinajstić information content (AvgIpc) is 2.68. The van der Waals surface area contributed by atoms with E-state index in [1.807, 2.05) is 4.90 Å². The first kappa shape index (κ1) is 15.8. The molecule has 2 atom stereocenters. The Morgan fingerprint density at radius 3 is 2.30 bits per heavy atom. The van der Waals surface area contributed by atoms with E-state index in [-0.39, 0.29) is 35.7 Å². The predicted octanol–water partition coefficient (Wildman–Crippen LogP) is 1.29. The lowest BCUT2D eigenvalue weighted by molar-refractivity contribution is -0.132. The number of carbonyl (C=O) groups is 1. The van der Waals surface area contributed by atoms with Gasteiger partial charge in [0.15, 0.2) is 0 Å². The highest BCUT2D eigenvalue weighted by Gasteiger charge is 2.42. The highest BCUT2D eigenvalue weighted by molar-refractivity contribution is 7.91. The normalized spacial score (nSPS) is 30.9. The highest BCUT2D eigenvalue weighted by Crippen LogP contribution is 2.26. The van der Waals surface area contributed by atoms with Gasteiger partial charge in [0.05, 0.1) is 23.7 Å². The van der Waals surface area contributed by atoms with Crippen LogP contribution in [0.3, 0.4) is 0 Å². The van der Waals surface area contributed by atoms with Crippen LogP contribution in [0.15, 0.2) is 0 Å². The van der Waals surface area contributed by atoms with Crippen molar-refractivity contribution in [1.82, 2.24) is 10.2 Å². The molecule has 2 rings (SSSR count). The first-order valence-electron chi connectivity index (χ1n) is 7.77. The van der Waals surface area contributed by atoms with Crippen LogP contribution in [-0.4, -0.2) is 49.0 Å². The topological polar surface area (TPSA) is 66.5 Å². The molecule has 0 aromatic carbocycles. The maximum Gasteiger partial charge on any atom is 0.241 e. The predicted molar refractivity (Wildman–Crippen MR) is 79.0 cm³/mol. The molecule has 116 valence electrons. The summed E-state index contributed by atoms with van der Waals surface area (Å²) < 4.78 is 23.1. The van der Waals surface area contributed by atoms with E-state index >= 15 is 0 Å². The van der Waals surface area contributed by atoms with E-state index in [1.54, 1.807) is 0 Å². The maximum absolute atomic E-state index is 12.6. The van der Waals surface area contributed by atoms with Crippen molar-refractivity contribution in [3.8, 4) is 0 Å². The van der Waals surface area contributed by atoms with Gasteiger partial charge in [0, 0.05) is 6.04 Å². The molecule has 0 bridgehead atoms. The van der Waals surface area contributed by atoms with E-state index in [1.165, 1.54) is 0 Å². The second-order valence-electron chi connectivity index (χ2n) is 5.94. The van der Waals surface area contributed by atoms with E-state index < -0.39 is 9.84 Å². The van der Waals surface area contributed by atoms with Gasteiger partial charge in [-0.2, -0.15) is 0 Å². The Kier molecular flexibility index (Phi) is 5.07. The monoisotopic (exact) mass is 302 g/mol. The minimum absolute atomic E-state index is 0.0740. The lowest BCUT2D eigenvalue weighted by Crippen LogP contribution is -2.48. The fourth-order valence-electron chi connectivity index (χ4n) is 3.30. The van der Waals surface area contributed by atoms with Crippen LogP contribution in [0.1, 0.15) is 52.4 Å². The van der Waals surface area contributed by atoms with Gasteiger partial charge in [0.25, 0.3) is 0 Å². The molecule has 2 fully saturated rings. The molecule has 0 aromatic heterocycles. The van der Waals surface area contributed by atoms with Crippen molar-refractivity contribution in [2.45, 2.75) is 70.6 Å². The van der Waals surface area contributed by atoms with Gasteiger partial charge in [-0.15, -0.1) is 0 Å². The van der Waals surface area contributed by atoms with Crippen molar-refractivity contribution in [2.24, 2.45) is 0 Å². The third kappa shape index (κ3) is 3.34. The minimum atomic E-state index is -2.87. The number of rotatable bonds is 5. The third-order valence-electron chi connectivity index (χ3n) is 4.34. The fraction of sp³-hybridized carbons (Fsp3) is 0.929. The van der Waals surface area contributed by atoms with Gasteiger partial charge in [0.2, 0.25) is 5.91 Å². The molecule has 0 aromatic rings. The molecule has 5 nitrogen and oxygen atoms in total. The Morgan fingerprint density at radius 2 is 1.75 bits per heavy atom. The summed E-state index contributed by atoms with van der Waals surface area (Å²) >= 11 is 0. The molecule has 0 aliphatic carbocycles. The number of amides is 1. The average molecular weight is 302 g/mol. The minimum Gasteiger partial charge on any atom is -0.323 e. The summed E-state index contributed by atoms with van der Waals surface area (Å²) in [6, 6.07) is 0.0204. The second-order valence-corrected chi connectivity index (χ2v) is 8.24. The van der Waals surface area contributed by atoms with Crippen molar-refractivity contribution in [2.75, 3.05) is 11.5 Å². The molecule has 1 amide bonds. The van der Waals surface area contributed by atoms with Crippen molar-refractivity contribution < 1.29 is 13.2 Å². The standard InChI is InChI=1S/C14H26N2O3S/c1-3-5-12-14(17)16(13(15-12)6-4-2)11-7-9-20(18,19)10-8-11/h11-13,15H,3-10H2,1-2H3. The fourth-order valence-corrected chi connectivity index (χ4v) is 4.77. The summed E-state index contributed by atoms with van der Waals surface area (Å²) in [4.78, 5) is 14.5. The van der Waals surface area contributed by atoms with Gasteiger partial charge >= 0.3 is 0 Å². The molecule has 0 saturated carbocycles. The molecular weight excluding hydrogens is 276 g/mol. The molecule has 20 heavy (non-hydrogen) atoms. The van der Waals surface area contributed by atoms with Gasteiger partial charge in [-0.05, 0) is 25.7 Å². The summed E-state index contributed by atoms with van der Waals surface area (Å²) in [5.74, 6) is 0.617. The van der Waals surface area contributed by atoms with Crippen LogP contribution in [0, 0.1) is 0 Å². The van der Waals surface area contributed by atoms with E-state index in [2.05, 4.69) is 19.2 Å². The first-order valence-corrected chi connectivity index (χ1v) is 9.59. The Balaban J connectivity index is 2.08. The van der Waals surface area contributed by atoms with Gasteiger partial charge in [-0.1, -0.05) is 26.7 Å². The largest absolute Gasteiger partial charge is 0.323 e. The van der Waals surface area contributed by atoms with Crippen molar-refractivity contribution in [3.05, 3.63) is 0 Å². The van der Waals surface area contributed by atoms with Gasteiger partial charge in [-0.3, -0.25) is 10.1 Å². The van der Waals surface area contributed by atoms with Crippen LogP contribution in [0.5, 0.6) is 0 Å².